The van der Waals surface area contributed by atoms with Crippen molar-refractivity contribution in [2.45, 2.75) is 36.6 Å². The summed E-state index contributed by atoms with van der Waals surface area (Å²) in [5.41, 5.74) is 1.92. The molecule has 14 heteroatoms. The number of nitriles is 1. The van der Waals surface area contributed by atoms with Gasteiger partial charge in [-0.15, -0.1) is 10.2 Å². The van der Waals surface area contributed by atoms with E-state index in [0.29, 0.717) is 29.2 Å². The first-order valence-electron chi connectivity index (χ1n) is 13.0. The monoisotopic (exact) mass is 643 g/mol. The molecule has 0 unspecified atom stereocenters. The number of carbonyl (C=O) groups is 2. The predicted octanol–water partition coefficient (Wildman–Crippen LogP) is 3.11. The lowest BCUT2D eigenvalue weighted by atomic mass is 9.93. The van der Waals surface area contributed by atoms with Crippen LogP contribution >= 0.6 is 15.9 Å². The lowest BCUT2D eigenvalue weighted by Gasteiger charge is -2.41. The zero-order valence-electron chi connectivity index (χ0n) is 22.1. The summed E-state index contributed by atoms with van der Waals surface area (Å²) in [6.07, 6.45) is 6.25. The number of amides is 1. The Morgan fingerprint density at radius 3 is 2.34 bits per heavy atom. The molecule has 2 fully saturated rings. The maximum atomic E-state index is 13.1. The van der Waals surface area contributed by atoms with Crippen LogP contribution in [0.2, 0.25) is 0 Å². The molecule has 5 rings (SSSR count). The molecule has 216 valence electrons. The van der Waals surface area contributed by atoms with Crippen molar-refractivity contribution >= 4 is 44.0 Å². The Balaban J connectivity index is 0.00000124. The first-order chi connectivity index (χ1) is 19.8. The fourth-order valence-electron chi connectivity index (χ4n) is 5.20. The molecule has 0 aliphatic carbocycles. The summed E-state index contributed by atoms with van der Waals surface area (Å²) in [7, 11) is -3.65. The normalized spacial score (nSPS) is 17.2. The number of anilines is 1. The molecule has 0 saturated carbocycles. The minimum absolute atomic E-state index is 0.0257. The quantitative estimate of drug-likeness (QED) is 0.384. The van der Waals surface area contributed by atoms with Crippen molar-refractivity contribution in [1.82, 2.24) is 24.0 Å². The van der Waals surface area contributed by atoms with Gasteiger partial charge in [-0.3, -0.25) is 14.2 Å². The Morgan fingerprint density at radius 1 is 1.05 bits per heavy atom. The van der Waals surface area contributed by atoms with Gasteiger partial charge in [0.25, 0.3) is 6.47 Å². The van der Waals surface area contributed by atoms with Gasteiger partial charge in [-0.1, -0.05) is 6.07 Å². The van der Waals surface area contributed by atoms with Gasteiger partial charge in [0.2, 0.25) is 15.9 Å². The number of piperidine rings is 2. The largest absolute Gasteiger partial charge is 0.483 e. The Morgan fingerprint density at radius 2 is 1.71 bits per heavy atom. The van der Waals surface area contributed by atoms with Crippen LogP contribution in [0.1, 0.15) is 31.2 Å². The van der Waals surface area contributed by atoms with Gasteiger partial charge in [0.15, 0.2) is 0 Å². The lowest BCUT2D eigenvalue weighted by molar-refractivity contribution is -0.123. The molecule has 0 spiro atoms. The molecule has 0 atom stereocenters. The molecular formula is C27H30BrN7O5S. The summed E-state index contributed by atoms with van der Waals surface area (Å²) in [6, 6.07) is 14.5. The number of nitrogens with one attached hydrogen (secondary N) is 1. The van der Waals surface area contributed by atoms with E-state index < -0.39 is 10.0 Å². The number of carbonyl (C=O) groups excluding carboxylic acids is 1. The highest BCUT2D eigenvalue weighted by atomic mass is 79.9. The molecule has 2 aliphatic heterocycles. The third-order valence-electron chi connectivity index (χ3n) is 7.37. The number of benzene rings is 2. The van der Waals surface area contributed by atoms with E-state index in [1.807, 2.05) is 30.3 Å². The van der Waals surface area contributed by atoms with Gasteiger partial charge in [-0.2, -0.15) is 9.57 Å². The second kappa shape index (κ2) is 13.8. The number of likely N-dealkylation sites (tertiary alicyclic amines) is 1. The van der Waals surface area contributed by atoms with Crippen LogP contribution in [0.3, 0.4) is 0 Å². The van der Waals surface area contributed by atoms with Gasteiger partial charge < -0.3 is 15.3 Å². The Labute approximate surface area is 246 Å². The van der Waals surface area contributed by atoms with Crippen molar-refractivity contribution in [3.05, 3.63) is 65.2 Å². The maximum absolute atomic E-state index is 13.1. The summed E-state index contributed by atoms with van der Waals surface area (Å²) in [6.45, 7) is 2.26. The van der Waals surface area contributed by atoms with Gasteiger partial charge in [0.1, 0.15) is 18.7 Å². The summed E-state index contributed by atoms with van der Waals surface area (Å²) in [5.74, 6) is -0.0327. The van der Waals surface area contributed by atoms with Crippen molar-refractivity contribution in [1.29, 1.82) is 5.26 Å². The van der Waals surface area contributed by atoms with Crippen molar-refractivity contribution < 1.29 is 23.1 Å². The van der Waals surface area contributed by atoms with Crippen LogP contribution in [0.25, 0.3) is 5.69 Å². The second-order valence-corrected chi connectivity index (χ2v) is 12.5. The topological polar surface area (TPSA) is 162 Å². The third-order valence-corrected chi connectivity index (χ3v) is 9.95. The van der Waals surface area contributed by atoms with Gasteiger partial charge >= 0.3 is 0 Å². The van der Waals surface area contributed by atoms with E-state index in [1.54, 1.807) is 23.3 Å². The van der Waals surface area contributed by atoms with E-state index in [0.717, 1.165) is 50.1 Å². The summed E-state index contributed by atoms with van der Waals surface area (Å²) in [5, 5.41) is 26.8. The summed E-state index contributed by atoms with van der Waals surface area (Å²) in [4.78, 5) is 23.9. The molecule has 2 aromatic carbocycles. The van der Waals surface area contributed by atoms with Crippen LogP contribution in [0, 0.1) is 17.2 Å². The number of rotatable bonds is 6. The highest BCUT2D eigenvalue weighted by molar-refractivity contribution is 9.10. The highest BCUT2D eigenvalue weighted by Gasteiger charge is 2.34. The molecular weight excluding hydrogens is 614 g/mol. The molecule has 2 aliphatic rings. The van der Waals surface area contributed by atoms with Crippen molar-refractivity contribution in [2.75, 3.05) is 31.5 Å². The van der Waals surface area contributed by atoms with Gasteiger partial charge in [0.05, 0.1) is 16.1 Å². The first kappa shape index (κ1) is 30.3. The average molecular weight is 645 g/mol. The van der Waals surface area contributed by atoms with Crippen molar-refractivity contribution in [3.63, 3.8) is 0 Å². The minimum Gasteiger partial charge on any atom is -0.483 e. The number of hydrogen-bond acceptors (Lipinski definition) is 8. The number of halogens is 1. The van der Waals surface area contributed by atoms with Crippen LogP contribution in [-0.2, 0) is 19.6 Å². The highest BCUT2D eigenvalue weighted by Crippen LogP contribution is 2.29. The molecule has 41 heavy (non-hydrogen) atoms. The fraction of sp³-hybridized carbons (Fsp3) is 0.370. The maximum Gasteiger partial charge on any atom is 0.290 e. The molecule has 2 N–H and O–H groups in total. The van der Waals surface area contributed by atoms with Crippen molar-refractivity contribution in [2.24, 2.45) is 5.92 Å². The predicted molar refractivity (Wildman–Crippen MR) is 154 cm³/mol. The van der Waals surface area contributed by atoms with Crippen LogP contribution in [0.15, 0.2) is 64.5 Å². The first-order valence-corrected chi connectivity index (χ1v) is 15.3. The van der Waals surface area contributed by atoms with E-state index in [9.17, 15) is 18.5 Å². The Hall–Kier alpha value is -3.64. The van der Waals surface area contributed by atoms with E-state index in [1.165, 1.54) is 16.4 Å². The van der Waals surface area contributed by atoms with Crippen LogP contribution in [0.4, 0.5) is 5.69 Å². The van der Waals surface area contributed by atoms with E-state index in [-0.39, 0.29) is 23.2 Å². The molecule has 0 radical (unpaired) electrons. The SMILES string of the molecule is N#Cc1cc(S(=O)(=O)N2CCC(N3CCC(C(=O)Nc4cccc(-n5cnnc5)c4)CC3)CC2)ccc1Br.O=CO. The zero-order chi connectivity index (χ0) is 29.4. The summed E-state index contributed by atoms with van der Waals surface area (Å²) >= 11 is 3.28. The van der Waals surface area contributed by atoms with Crippen LogP contribution in [-0.4, -0.2) is 82.1 Å². The molecule has 2 saturated heterocycles. The number of hydrogen-bond donors (Lipinski definition) is 2. The lowest BCUT2D eigenvalue weighted by Crippen LogP contribution is -2.49. The van der Waals surface area contributed by atoms with E-state index >= 15 is 0 Å². The third kappa shape index (κ3) is 7.36. The molecule has 12 nitrogen and oxygen atoms in total. The molecule has 1 amide bonds. The van der Waals surface area contributed by atoms with E-state index in [4.69, 9.17) is 9.90 Å². The number of nitrogens with zero attached hydrogens (tertiary/aromatic N) is 6. The smallest absolute Gasteiger partial charge is 0.290 e. The standard InChI is InChI=1S/C26H28BrN7O3S.CH2O2/c27-25-5-4-24(14-20(25)16-28)38(36,37)34-12-8-22(9-13-34)32-10-6-19(7-11-32)26(35)31-21-2-1-3-23(15-21)33-17-29-30-18-33;2-1-3/h1-5,14-15,17-19,22H,6-13H2,(H,31,35);1H,(H,2,3). The molecule has 1 aromatic heterocycles. The van der Waals surface area contributed by atoms with Crippen molar-refractivity contribution in [3.8, 4) is 11.8 Å². The van der Waals surface area contributed by atoms with E-state index in [2.05, 4.69) is 36.3 Å². The number of aromatic nitrogens is 3. The van der Waals surface area contributed by atoms with Gasteiger partial charge in [-0.05, 0) is 91.1 Å². The van der Waals surface area contributed by atoms with Gasteiger partial charge in [-0.25, -0.2) is 8.42 Å². The van der Waals surface area contributed by atoms with Crippen LogP contribution in [0.5, 0.6) is 0 Å². The van der Waals surface area contributed by atoms with Gasteiger partial charge in [0, 0.05) is 35.2 Å². The number of sulfonamides is 1. The van der Waals surface area contributed by atoms with Crippen LogP contribution < -0.4 is 5.32 Å². The zero-order valence-corrected chi connectivity index (χ0v) is 24.5. The molecule has 3 heterocycles. The average Bonchev–Trinajstić information content (AvgIpc) is 3.53. The molecule has 0 bridgehead atoms. The Kier molecular flexibility index (Phi) is 10.2. The fourth-order valence-corrected chi connectivity index (χ4v) is 7.03. The number of carboxylic acid groups (broad SMARTS) is 1. The Bertz CT molecular complexity index is 1490. The minimum atomic E-state index is -3.65. The molecule has 3 aromatic rings. The summed E-state index contributed by atoms with van der Waals surface area (Å²) < 4.78 is 30.2. The second-order valence-electron chi connectivity index (χ2n) is 9.71.